The normalized spacial score (nSPS) is 26.4. The number of halogens is 1. The minimum Gasteiger partial charge on any atom is -0.444 e. The number of rotatable bonds is 2. The fourth-order valence-electron chi connectivity index (χ4n) is 3.80. The molecule has 0 aromatic carbocycles. The zero-order valence-electron chi connectivity index (χ0n) is 14.8. The summed E-state index contributed by atoms with van der Waals surface area (Å²) < 4.78 is 5.59. The van der Waals surface area contributed by atoms with Crippen molar-refractivity contribution in [3.05, 3.63) is 23.0 Å². The molecule has 0 saturated carbocycles. The van der Waals surface area contributed by atoms with Crippen molar-refractivity contribution in [2.75, 3.05) is 5.32 Å². The van der Waals surface area contributed by atoms with Crippen molar-refractivity contribution in [1.29, 1.82) is 0 Å². The van der Waals surface area contributed by atoms with Crippen LogP contribution >= 0.6 is 11.6 Å². The van der Waals surface area contributed by atoms with Crippen molar-refractivity contribution in [2.45, 2.75) is 77.1 Å². The molecule has 3 rings (SSSR count). The van der Waals surface area contributed by atoms with Crippen LogP contribution in [0.25, 0.3) is 0 Å². The number of nitrogens with zero attached hydrogens (tertiary/aromatic N) is 2. The predicted molar refractivity (Wildman–Crippen MR) is 95.5 cm³/mol. The molecular formula is C18H26ClN3O2. The number of hydrogen-bond acceptors (Lipinski definition) is 4. The van der Waals surface area contributed by atoms with Crippen LogP contribution in [0.2, 0.25) is 5.15 Å². The van der Waals surface area contributed by atoms with Gasteiger partial charge in [-0.1, -0.05) is 11.6 Å². The average Bonchev–Trinajstić information content (AvgIpc) is 2.72. The Balaban J connectivity index is 1.66. The van der Waals surface area contributed by atoms with Gasteiger partial charge in [-0.05, 0) is 65.0 Å². The molecule has 2 saturated heterocycles. The zero-order valence-corrected chi connectivity index (χ0v) is 15.6. The fraction of sp³-hybridized carbons (Fsp3) is 0.667. The Morgan fingerprint density at radius 2 is 1.96 bits per heavy atom. The molecule has 0 spiro atoms. The predicted octanol–water partition coefficient (Wildman–Crippen LogP) is 4.39. The molecule has 2 atom stereocenters. The third kappa shape index (κ3) is 3.77. The summed E-state index contributed by atoms with van der Waals surface area (Å²) in [6.07, 6.45) is 5.62. The molecule has 2 fully saturated rings. The molecule has 5 nitrogen and oxygen atoms in total. The minimum absolute atomic E-state index is 0.169. The van der Waals surface area contributed by atoms with E-state index in [2.05, 4.69) is 10.3 Å². The number of carbonyl (C=O) groups is 1. The molecule has 1 N–H and O–H groups in total. The van der Waals surface area contributed by atoms with Crippen molar-refractivity contribution in [2.24, 2.45) is 0 Å². The second kappa shape index (κ2) is 6.43. The Bertz CT molecular complexity index is 615. The fourth-order valence-corrected chi connectivity index (χ4v) is 4.01. The summed E-state index contributed by atoms with van der Waals surface area (Å²) in [5.74, 6) is 0. The number of carbonyl (C=O) groups excluding carboxylic acids is 1. The van der Waals surface area contributed by atoms with E-state index in [1.807, 2.05) is 38.7 Å². The van der Waals surface area contributed by atoms with E-state index in [4.69, 9.17) is 16.3 Å². The molecule has 132 valence electrons. The molecule has 0 aliphatic carbocycles. The van der Waals surface area contributed by atoms with Crippen LogP contribution in [-0.4, -0.2) is 39.7 Å². The maximum Gasteiger partial charge on any atom is 0.410 e. The lowest BCUT2D eigenvalue weighted by Crippen LogP contribution is -2.51. The summed E-state index contributed by atoms with van der Waals surface area (Å²) in [5, 5.41) is 4.10. The van der Waals surface area contributed by atoms with Gasteiger partial charge >= 0.3 is 6.09 Å². The lowest BCUT2D eigenvalue weighted by molar-refractivity contribution is 0.00683. The number of ether oxygens (including phenoxy) is 1. The first-order valence-electron chi connectivity index (χ1n) is 8.63. The number of pyridine rings is 1. The number of piperidine rings is 1. The van der Waals surface area contributed by atoms with Crippen molar-refractivity contribution in [1.82, 2.24) is 9.88 Å². The maximum absolute atomic E-state index is 12.5. The minimum atomic E-state index is -0.447. The van der Waals surface area contributed by atoms with E-state index in [1.165, 1.54) is 0 Å². The van der Waals surface area contributed by atoms with Crippen molar-refractivity contribution in [3.63, 3.8) is 0 Å². The first-order valence-corrected chi connectivity index (χ1v) is 9.01. The second-order valence-corrected chi connectivity index (χ2v) is 8.29. The zero-order chi connectivity index (χ0) is 17.5. The summed E-state index contributed by atoms with van der Waals surface area (Å²) in [5.41, 5.74) is 1.67. The summed E-state index contributed by atoms with van der Waals surface area (Å²) in [6.45, 7) is 7.77. The summed E-state index contributed by atoms with van der Waals surface area (Å²) >= 11 is 5.93. The van der Waals surface area contributed by atoms with Gasteiger partial charge in [-0.2, -0.15) is 0 Å². The number of hydrogen-bond donors (Lipinski definition) is 1. The molecule has 1 aromatic rings. The molecule has 1 aromatic heterocycles. The largest absolute Gasteiger partial charge is 0.444 e. The summed E-state index contributed by atoms with van der Waals surface area (Å²) in [6, 6.07) is 2.74. The molecule has 3 heterocycles. The van der Waals surface area contributed by atoms with E-state index in [0.29, 0.717) is 11.2 Å². The molecule has 2 unspecified atom stereocenters. The molecule has 0 radical (unpaired) electrons. The standard InChI is InChI=1S/C18H26ClN3O2/c1-11-7-16(19)20-10-15(11)21-12-8-13-5-6-14(9-12)22(13)17(23)24-18(2,3)4/h7,10,12-14,21H,5-6,8-9H2,1-4H3. The molecule has 24 heavy (non-hydrogen) atoms. The molecule has 2 aliphatic heterocycles. The SMILES string of the molecule is Cc1cc(Cl)ncc1NC1CC2CCC(C1)N2C(=O)OC(C)(C)C. The second-order valence-electron chi connectivity index (χ2n) is 7.91. The van der Waals surface area contributed by atoms with Crippen molar-refractivity contribution < 1.29 is 9.53 Å². The van der Waals surface area contributed by atoms with Gasteiger partial charge in [0.1, 0.15) is 10.8 Å². The highest BCUT2D eigenvalue weighted by Crippen LogP contribution is 2.38. The van der Waals surface area contributed by atoms with E-state index in [9.17, 15) is 4.79 Å². The first kappa shape index (κ1) is 17.3. The van der Waals surface area contributed by atoms with Crippen LogP contribution in [0.5, 0.6) is 0 Å². The van der Waals surface area contributed by atoms with E-state index >= 15 is 0 Å². The average molecular weight is 352 g/mol. The quantitative estimate of drug-likeness (QED) is 0.803. The monoisotopic (exact) mass is 351 g/mol. The molecule has 2 bridgehead atoms. The Morgan fingerprint density at radius 3 is 2.50 bits per heavy atom. The van der Waals surface area contributed by atoms with Gasteiger partial charge in [0.25, 0.3) is 0 Å². The van der Waals surface area contributed by atoms with Crippen LogP contribution in [-0.2, 0) is 4.74 Å². The van der Waals surface area contributed by atoms with E-state index in [1.54, 1.807) is 6.20 Å². The van der Waals surface area contributed by atoms with Gasteiger partial charge in [0.15, 0.2) is 0 Å². The number of aromatic nitrogens is 1. The van der Waals surface area contributed by atoms with Gasteiger partial charge in [0.05, 0.1) is 11.9 Å². The molecular weight excluding hydrogens is 326 g/mol. The van der Waals surface area contributed by atoms with Gasteiger partial charge in [-0.3, -0.25) is 0 Å². The maximum atomic E-state index is 12.5. The molecule has 1 amide bonds. The third-order valence-corrected chi connectivity index (χ3v) is 4.98. The van der Waals surface area contributed by atoms with Gasteiger partial charge in [-0.25, -0.2) is 9.78 Å². The number of aryl methyl sites for hydroxylation is 1. The van der Waals surface area contributed by atoms with Crippen LogP contribution in [0.15, 0.2) is 12.3 Å². The molecule has 6 heteroatoms. The summed E-state index contributed by atoms with van der Waals surface area (Å²) in [4.78, 5) is 18.6. The van der Waals surface area contributed by atoms with Crippen LogP contribution in [0, 0.1) is 6.92 Å². The first-order chi connectivity index (χ1) is 11.2. The van der Waals surface area contributed by atoms with Crippen LogP contribution in [0.4, 0.5) is 10.5 Å². The lowest BCUT2D eigenvalue weighted by atomic mass is 9.97. The van der Waals surface area contributed by atoms with E-state index in [-0.39, 0.29) is 18.2 Å². The van der Waals surface area contributed by atoms with Gasteiger partial charge < -0.3 is 15.0 Å². The highest BCUT2D eigenvalue weighted by molar-refractivity contribution is 6.29. The smallest absolute Gasteiger partial charge is 0.410 e. The number of nitrogens with one attached hydrogen (secondary N) is 1. The van der Waals surface area contributed by atoms with Crippen LogP contribution in [0.3, 0.4) is 0 Å². The lowest BCUT2D eigenvalue weighted by Gasteiger charge is -2.40. The highest BCUT2D eigenvalue weighted by Gasteiger charge is 2.44. The van der Waals surface area contributed by atoms with Gasteiger partial charge in [-0.15, -0.1) is 0 Å². The number of amides is 1. The van der Waals surface area contributed by atoms with Crippen molar-refractivity contribution in [3.8, 4) is 0 Å². The number of fused-ring (bicyclic) bond motifs is 2. The van der Waals surface area contributed by atoms with Gasteiger partial charge in [0.2, 0.25) is 0 Å². The summed E-state index contributed by atoms with van der Waals surface area (Å²) in [7, 11) is 0. The number of anilines is 1. The van der Waals surface area contributed by atoms with E-state index in [0.717, 1.165) is 36.9 Å². The third-order valence-electron chi connectivity index (χ3n) is 4.77. The Hall–Kier alpha value is -1.49. The Kier molecular flexibility index (Phi) is 4.65. The Labute approximate surface area is 148 Å². The van der Waals surface area contributed by atoms with Crippen molar-refractivity contribution >= 4 is 23.4 Å². The molecule has 2 aliphatic rings. The Morgan fingerprint density at radius 1 is 1.33 bits per heavy atom. The van der Waals surface area contributed by atoms with Crippen LogP contribution < -0.4 is 5.32 Å². The van der Waals surface area contributed by atoms with Gasteiger partial charge in [0, 0.05) is 18.1 Å². The topological polar surface area (TPSA) is 54.5 Å². The highest BCUT2D eigenvalue weighted by atomic mass is 35.5. The van der Waals surface area contributed by atoms with Crippen LogP contribution in [0.1, 0.15) is 52.0 Å². The van der Waals surface area contributed by atoms with E-state index < -0.39 is 5.60 Å².